The van der Waals surface area contributed by atoms with Gasteiger partial charge in [0.05, 0.1) is 6.10 Å². The van der Waals surface area contributed by atoms with Crippen LogP contribution in [0.25, 0.3) is 0 Å². The van der Waals surface area contributed by atoms with Gasteiger partial charge in [-0.15, -0.1) is 0 Å². The topological polar surface area (TPSA) is 49.4 Å². The quantitative estimate of drug-likeness (QED) is 0.530. The number of hydrogen-bond acceptors (Lipinski definition) is 2. The summed E-state index contributed by atoms with van der Waals surface area (Å²) in [6.07, 6.45) is 0.287. The number of rotatable bonds is 2. The highest BCUT2D eigenvalue weighted by molar-refractivity contribution is 4.81. The number of methoxy groups -OCH3 is 1. The van der Waals surface area contributed by atoms with Gasteiger partial charge in [-0.2, -0.15) is 0 Å². The van der Waals surface area contributed by atoms with Crippen molar-refractivity contribution in [2.75, 3.05) is 26.7 Å². The van der Waals surface area contributed by atoms with Gasteiger partial charge in [0.15, 0.2) is 0 Å². The van der Waals surface area contributed by atoms with E-state index in [0.29, 0.717) is 12.5 Å². The van der Waals surface area contributed by atoms with Crippen LogP contribution in [0, 0.1) is 5.92 Å². The Balaban J connectivity index is 2.32. The van der Waals surface area contributed by atoms with Gasteiger partial charge in [-0.25, -0.2) is 5.32 Å². The lowest BCUT2D eigenvalue weighted by molar-refractivity contribution is 0.0859. The lowest BCUT2D eigenvalue weighted by atomic mass is 10.1. The van der Waals surface area contributed by atoms with Gasteiger partial charge >= 0.3 is 0 Å². The molecule has 1 aliphatic heterocycles. The maximum Gasteiger partial charge on any atom is 0.0765 e. The lowest BCUT2D eigenvalue weighted by Gasteiger charge is -2.13. The van der Waals surface area contributed by atoms with E-state index in [1.165, 1.54) is 0 Å². The van der Waals surface area contributed by atoms with E-state index in [4.69, 9.17) is 10.5 Å². The van der Waals surface area contributed by atoms with Crippen molar-refractivity contribution >= 4 is 0 Å². The van der Waals surface area contributed by atoms with E-state index in [2.05, 4.69) is 5.32 Å². The minimum absolute atomic E-state index is 0.287. The molecule has 0 aliphatic carbocycles. The molecule has 1 heterocycles. The summed E-state index contributed by atoms with van der Waals surface area (Å²) in [7, 11) is 1.72. The molecule has 0 bridgehead atoms. The van der Waals surface area contributed by atoms with Gasteiger partial charge < -0.3 is 10.5 Å². The molecule has 0 aromatic carbocycles. The smallest absolute Gasteiger partial charge is 0.0765 e. The molecule has 1 radical (unpaired) electrons. The van der Waals surface area contributed by atoms with Crippen LogP contribution in [-0.2, 0) is 4.74 Å². The Kier molecular flexibility index (Phi) is 2.45. The van der Waals surface area contributed by atoms with Gasteiger partial charge in [-0.1, -0.05) is 0 Å². The SMILES string of the molecule is COC1C[N]CC1CN. The first-order valence-electron chi connectivity index (χ1n) is 3.24. The van der Waals surface area contributed by atoms with E-state index in [1.54, 1.807) is 7.11 Å². The second-order valence-corrected chi connectivity index (χ2v) is 2.36. The van der Waals surface area contributed by atoms with Gasteiger partial charge in [-0.3, -0.25) is 0 Å². The number of nitrogens with zero attached hydrogens (tertiary/aromatic N) is 1. The summed E-state index contributed by atoms with van der Waals surface area (Å²) in [4.78, 5) is 0. The predicted molar refractivity (Wildman–Crippen MR) is 35.2 cm³/mol. The molecule has 1 aliphatic rings. The fourth-order valence-corrected chi connectivity index (χ4v) is 1.13. The third-order valence-electron chi connectivity index (χ3n) is 1.80. The standard InChI is InChI=1S/C6H13N2O/c1-9-6-4-8-3-5(6)2-7/h5-6H,2-4,7H2,1H3. The van der Waals surface area contributed by atoms with Crippen molar-refractivity contribution in [2.24, 2.45) is 11.7 Å². The summed E-state index contributed by atoms with van der Waals surface area (Å²) in [5.74, 6) is 0.468. The molecule has 0 spiro atoms. The zero-order valence-electron chi connectivity index (χ0n) is 5.71. The Morgan fingerprint density at radius 3 is 2.89 bits per heavy atom. The van der Waals surface area contributed by atoms with E-state index >= 15 is 0 Å². The van der Waals surface area contributed by atoms with Crippen LogP contribution in [0.5, 0.6) is 0 Å². The molecular formula is C6H13N2O. The molecule has 1 saturated heterocycles. The van der Waals surface area contributed by atoms with Gasteiger partial charge in [0.1, 0.15) is 0 Å². The monoisotopic (exact) mass is 129 g/mol. The minimum atomic E-state index is 0.287. The van der Waals surface area contributed by atoms with Crippen LogP contribution in [0.2, 0.25) is 0 Å². The van der Waals surface area contributed by atoms with E-state index in [0.717, 1.165) is 13.1 Å². The van der Waals surface area contributed by atoms with Crippen molar-refractivity contribution in [2.45, 2.75) is 6.10 Å². The Morgan fingerprint density at radius 1 is 1.67 bits per heavy atom. The molecule has 0 aromatic heterocycles. The van der Waals surface area contributed by atoms with Crippen molar-refractivity contribution in [3.8, 4) is 0 Å². The van der Waals surface area contributed by atoms with Crippen LogP contribution in [-0.4, -0.2) is 32.8 Å². The lowest BCUT2D eigenvalue weighted by Crippen LogP contribution is -2.27. The number of hydrogen-bond donors (Lipinski definition) is 1. The highest BCUT2D eigenvalue weighted by atomic mass is 16.5. The Bertz CT molecular complexity index is 77.1. The van der Waals surface area contributed by atoms with Gasteiger partial charge in [-0.05, 0) is 6.54 Å². The van der Waals surface area contributed by atoms with Gasteiger partial charge in [0.25, 0.3) is 0 Å². The average Bonchev–Trinajstić information content (AvgIpc) is 2.33. The summed E-state index contributed by atoms with van der Waals surface area (Å²) < 4.78 is 5.14. The Hall–Kier alpha value is -0.120. The maximum atomic E-state index is 5.46. The van der Waals surface area contributed by atoms with Crippen LogP contribution >= 0.6 is 0 Å². The molecular weight excluding hydrogens is 116 g/mol. The largest absolute Gasteiger partial charge is 0.380 e. The van der Waals surface area contributed by atoms with Crippen LogP contribution < -0.4 is 11.1 Å². The molecule has 0 amide bonds. The summed E-state index contributed by atoms with van der Waals surface area (Å²) in [5, 5.41) is 4.18. The fourth-order valence-electron chi connectivity index (χ4n) is 1.13. The summed E-state index contributed by atoms with van der Waals surface area (Å²) in [6.45, 7) is 2.41. The van der Waals surface area contributed by atoms with Gasteiger partial charge in [0.2, 0.25) is 0 Å². The van der Waals surface area contributed by atoms with E-state index < -0.39 is 0 Å². The molecule has 1 rings (SSSR count). The normalized spacial score (nSPS) is 35.3. The Labute approximate surface area is 55.6 Å². The summed E-state index contributed by atoms with van der Waals surface area (Å²) in [6, 6.07) is 0. The highest BCUT2D eigenvalue weighted by Crippen LogP contribution is 2.10. The van der Waals surface area contributed by atoms with Crippen LogP contribution in [0.15, 0.2) is 0 Å². The first-order valence-corrected chi connectivity index (χ1v) is 3.24. The second kappa shape index (κ2) is 3.15. The maximum absolute atomic E-state index is 5.46. The molecule has 2 atom stereocenters. The molecule has 2 N–H and O–H groups in total. The minimum Gasteiger partial charge on any atom is -0.380 e. The van der Waals surface area contributed by atoms with E-state index in [1.807, 2.05) is 0 Å². The number of nitrogens with two attached hydrogens (primary N) is 1. The van der Waals surface area contributed by atoms with E-state index in [9.17, 15) is 0 Å². The first-order chi connectivity index (χ1) is 4.38. The summed E-state index contributed by atoms with van der Waals surface area (Å²) >= 11 is 0. The van der Waals surface area contributed by atoms with Crippen molar-refractivity contribution in [1.29, 1.82) is 0 Å². The molecule has 0 aromatic rings. The predicted octanol–water partition coefficient (Wildman–Crippen LogP) is -0.806. The van der Waals surface area contributed by atoms with Gasteiger partial charge in [0, 0.05) is 26.1 Å². The molecule has 53 valence electrons. The molecule has 9 heavy (non-hydrogen) atoms. The van der Waals surface area contributed by atoms with Crippen LogP contribution in [0.3, 0.4) is 0 Å². The fraction of sp³-hybridized carbons (Fsp3) is 1.00. The summed E-state index contributed by atoms with van der Waals surface area (Å²) in [5.41, 5.74) is 5.46. The zero-order valence-corrected chi connectivity index (χ0v) is 5.71. The van der Waals surface area contributed by atoms with Crippen molar-refractivity contribution in [3.63, 3.8) is 0 Å². The second-order valence-electron chi connectivity index (χ2n) is 2.36. The van der Waals surface area contributed by atoms with Crippen LogP contribution in [0.1, 0.15) is 0 Å². The van der Waals surface area contributed by atoms with Crippen LogP contribution in [0.4, 0.5) is 0 Å². The third-order valence-corrected chi connectivity index (χ3v) is 1.80. The van der Waals surface area contributed by atoms with Crippen molar-refractivity contribution < 1.29 is 4.74 Å². The Morgan fingerprint density at radius 2 is 2.44 bits per heavy atom. The highest BCUT2D eigenvalue weighted by Gasteiger charge is 2.25. The molecule has 2 unspecified atom stereocenters. The third kappa shape index (κ3) is 1.41. The molecule has 0 saturated carbocycles. The average molecular weight is 129 g/mol. The van der Waals surface area contributed by atoms with Crippen molar-refractivity contribution in [3.05, 3.63) is 0 Å². The van der Waals surface area contributed by atoms with E-state index in [-0.39, 0.29) is 6.10 Å². The zero-order chi connectivity index (χ0) is 6.69. The molecule has 3 nitrogen and oxygen atoms in total. The van der Waals surface area contributed by atoms with Crippen molar-refractivity contribution in [1.82, 2.24) is 5.32 Å². The molecule has 1 fully saturated rings. The molecule has 3 heteroatoms. The number of ether oxygens (including phenoxy) is 1. The first kappa shape index (κ1) is 6.99.